The van der Waals surface area contributed by atoms with Gasteiger partial charge >= 0.3 is 0 Å². The van der Waals surface area contributed by atoms with E-state index in [1.54, 1.807) is 12.1 Å². The lowest BCUT2D eigenvalue weighted by Crippen LogP contribution is -2.52. The van der Waals surface area contributed by atoms with Crippen molar-refractivity contribution < 1.29 is 0 Å². The van der Waals surface area contributed by atoms with Gasteiger partial charge in [-0.2, -0.15) is 0 Å². The number of hydrogen-bond donors (Lipinski definition) is 2. The van der Waals surface area contributed by atoms with E-state index in [-0.39, 0.29) is 0 Å². The van der Waals surface area contributed by atoms with Gasteiger partial charge in [-0.15, -0.1) is 0 Å². The minimum absolute atomic E-state index is 0.452. The van der Waals surface area contributed by atoms with Crippen LogP contribution in [-0.4, -0.2) is 31.6 Å². The molecule has 0 aromatic heterocycles. The van der Waals surface area contributed by atoms with Gasteiger partial charge in [-0.25, -0.2) is 9.44 Å². The number of aliphatic imine (C=N–C) groups is 1. The first kappa shape index (κ1) is 10.5. The average Bonchev–Trinajstić information content (AvgIpc) is 2.66. The Labute approximate surface area is 91.2 Å². The number of rotatable bonds is 2. The quantitative estimate of drug-likeness (QED) is 0.510. The molecule has 0 radical (unpaired) electrons. The molecule has 2 aliphatic rings. The molecule has 0 aromatic rings. The van der Waals surface area contributed by atoms with E-state index in [1.165, 1.54) is 12.0 Å². The summed E-state index contributed by atoms with van der Waals surface area (Å²) in [6.45, 7) is 4.51. The lowest BCUT2D eigenvalue weighted by atomic mass is 9.76. The maximum atomic E-state index is 4.80. The summed E-state index contributed by atoms with van der Waals surface area (Å²) < 4.78 is 6.87. The van der Waals surface area contributed by atoms with Crippen LogP contribution in [0.3, 0.4) is 0 Å². The molecule has 0 aliphatic carbocycles. The fraction of sp³-hybridized carbons (Fsp3) is 0.889. The summed E-state index contributed by atoms with van der Waals surface area (Å²) >= 11 is 1.63. The van der Waals surface area contributed by atoms with Crippen molar-refractivity contribution in [3.63, 3.8) is 0 Å². The highest BCUT2D eigenvalue weighted by atomic mass is 32.2. The first-order chi connectivity index (χ1) is 6.77. The fourth-order valence-electron chi connectivity index (χ4n) is 2.58. The van der Waals surface area contributed by atoms with Crippen molar-refractivity contribution in [2.24, 2.45) is 10.9 Å². The van der Waals surface area contributed by atoms with Gasteiger partial charge in [0.25, 0.3) is 0 Å². The first-order valence-electron chi connectivity index (χ1n) is 5.49. The largest absolute Gasteiger partial charge is 0.299 e. The predicted octanol–water partition coefficient (Wildman–Crippen LogP) is 0.330. The highest BCUT2D eigenvalue weighted by Gasteiger charge is 2.41. The molecule has 2 N–H and O–H groups in total. The molecule has 2 heterocycles. The molecule has 2 rings (SSSR count). The molecule has 1 saturated heterocycles. The van der Waals surface area contributed by atoms with Crippen LogP contribution >= 0.6 is 12.1 Å². The van der Waals surface area contributed by atoms with Gasteiger partial charge in [-0.3, -0.25) is 4.99 Å². The van der Waals surface area contributed by atoms with Crippen molar-refractivity contribution in [3.05, 3.63) is 0 Å². The van der Waals surface area contributed by atoms with Gasteiger partial charge in [0.05, 0.1) is 12.1 Å². The molecule has 0 amide bonds. The minimum Gasteiger partial charge on any atom is -0.299 e. The Bertz CT molecular complexity index is 246. The number of hydrogen-bond acceptors (Lipinski definition) is 4. The van der Waals surface area contributed by atoms with E-state index in [4.69, 9.17) is 4.99 Å². The standard InChI is InChI=1S/C9H18BN3S/c1-3-5-6(4-2)11-9(10)8-7(5)12-14-13-8/h5-8,12-13H,3-4,10H2,1-2H3/t5-,6?,7?,8?/m1/s1. The van der Waals surface area contributed by atoms with Crippen molar-refractivity contribution in [3.8, 4) is 0 Å². The average molecular weight is 211 g/mol. The van der Waals surface area contributed by atoms with Gasteiger partial charge in [0.2, 0.25) is 0 Å². The van der Waals surface area contributed by atoms with E-state index in [9.17, 15) is 0 Å². The molecule has 1 fully saturated rings. The second-order valence-electron chi connectivity index (χ2n) is 4.16. The van der Waals surface area contributed by atoms with Gasteiger partial charge in [0, 0.05) is 18.2 Å². The van der Waals surface area contributed by atoms with E-state index in [0.29, 0.717) is 24.0 Å². The van der Waals surface area contributed by atoms with Crippen molar-refractivity contribution in [1.82, 2.24) is 9.44 Å². The van der Waals surface area contributed by atoms with Gasteiger partial charge in [0.15, 0.2) is 7.85 Å². The molecule has 0 spiro atoms. The van der Waals surface area contributed by atoms with Crippen molar-refractivity contribution in [1.29, 1.82) is 0 Å². The summed E-state index contributed by atoms with van der Waals surface area (Å²) in [6.07, 6.45) is 2.37. The summed E-state index contributed by atoms with van der Waals surface area (Å²) in [5, 5.41) is 0. The Hall–Kier alpha value is 0.00494. The summed E-state index contributed by atoms with van der Waals surface area (Å²) in [5.41, 5.74) is 1.27. The molecule has 0 aromatic carbocycles. The fourth-order valence-corrected chi connectivity index (χ4v) is 3.54. The van der Waals surface area contributed by atoms with Crippen LogP contribution in [0.1, 0.15) is 26.7 Å². The monoisotopic (exact) mass is 211 g/mol. The number of fused-ring (bicyclic) bond motifs is 1. The maximum Gasteiger partial charge on any atom is 0.160 e. The zero-order valence-corrected chi connectivity index (χ0v) is 9.90. The van der Waals surface area contributed by atoms with Gasteiger partial charge in [0.1, 0.15) is 0 Å². The Balaban J connectivity index is 2.23. The lowest BCUT2D eigenvalue weighted by Gasteiger charge is -2.36. The van der Waals surface area contributed by atoms with E-state index < -0.39 is 0 Å². The van der Waals surface area contributed by atoms with Crippen LogP contribution in [-0.2, 0) is 0 Å². The second-order valence-corrected chi connectivity index (χ2v) is 4.83. The van der Waals surface area contributed by atoms with Crippen molar-refractivity contribution in [2.45, 2.75) is 44.8 Å². The van der Waals surface area contributed by atoms with Gasteiger partial charge in [-0.05, 0) is 24.4 Å². The molecule has 14 heavy (non-hydrogen) atoms. The van der Waals surface area contributed by atoms with E-state index in [0.717, 1.165) is 6.42 Å². The van der Waals surface area contributed by atoms with Crippen LogP contribution in [0, 0.1) is 5.92 Å². The van der Waals surface area contributed by atoms with Crippen LogP contribution in [0.2, 0.25) is 0 Å². The Morgan fingerprint density at radius 2 is 2.14 bits per heavy atom. The third kappa shape index (κ3) is 1.61. The smallest absolute Gasteiger partial charge is 0.160 e. The highest BCUT2D eigenvalue weighted by molar-refractivity contribution is 7.95. The Kier molecular flexibility index (Phi) is 3.19. The highest BCUT2D eigenvalue weighted by Crippen LogP contribution is 2.30. The topological polar surface area (TPSA) is 36.4 Å². The van der Waals surface area contributed by atoms with E-state index in [2.05, 4.69) is 31.1 Å². The first-order valence-corrected chi connectivity index (χ1v) is 6.30. The molecule has 0 saturated carbocycles. The molecule has 5 heteroatoms. The normalized spacial score (nSPS) is 42.0. The van der Waals surface area contributed by atoms with Crippen molar-refractivity contribution >= 4 is 25.6 Å². The van der Waals surface area contributed by atoms with Crippen LogP contribution in [0.15, 0.2) is 4.99 Å². The Morgan fingerprint density at radius 1 is 1.36 bits per heavy atom. The summed E-state index contributed by atoms with van der Waals surface area (Å²) in [4.78, 5) is 4.80. The van der Waals surface area contributed by atoms with Crippen molar-refractivity contribution in [2.75, 3.05) is 0 Å². The van der Waals surface area contributed by atoms with Crippen LogP contribution in [0.5, 0.6) is 0 Å². The lowest BCUT2D eigenvalue weighted by molar-refractivity contribution is 0.300. The zero-order chi connectivity index (χ0) is 10.1. The molecular weight excluding hydrogens is 193 g/mol. The SMILES string of the molecule is BC1=NC(CC)[C@@H](CC)C2NSNC12. The number of nitrogens with zero attached hydrogens (tertiary/aromatic N) is 1. The van der Waals surface area contributed by atoms with E-state index in [1.807, 2.05) is 0 Å². The Morgan fingerprint density at radius 3 is 2.79 bits per heavy atom. The van der Waals surface area contributed by atoms with Gasteiger partial charge < -0.3 is 0 Å². The molecule has 0 bridgehead atoms. The summed E-state index contributed by atoms with van der Waals surface area (Å²) in [5.74, 6) is 0.691. The van der Waals surface area contributed by atoms with Gasteiger partial charge in [-0.1, -0.05) is 13.8 Å². The molecule has 4 atom stereocenters. The minimum atomic E-state index is 0.452. The molecule has 78 valence electrons. The third-order valence-corrected chi connectivity index (χ3v) is 4.17. The zero-order valence-electron chi connectivity index (χ0n) is 9.08. The number of nitrogens with one attached hydrogen (secondary N) is 2. The van der Waals surface area contributed by atoms with Crippen LogP contribution < -0.4 is 9.44 Å². The molecule has 3 unspecified atom stereocenters. The molecule has 2 aliphatic heterocycles. The molecular formula is C9H18BN3S. The molecule has 3 nitrogen and oxygen atoms in total. The predicted molar refractivity (Wildman–Crippen MR) is 65.3 cm³/mol. The summed E-state index contributed by atoms with van der Waals surface area (Å²) in [6, 6.07) is 1.55. The van der Waals surface area contributed by atoms with E-state index >= 15 is 0 Å². The third-order valence-electron chi connectivity index (χ3n) is 3.40. The summed E-state index contributed by atoms with van der Waals surface area (Å²) in [7, 11) is 2.15. The van der Waals surface area contributed by atoms with Crippen LogP contribution in [0.4, 0.5) is 0 Å². The van der Waals surface area contributed by atoms with Crippen LogP contribution in [0.25, 0.3) is 0 Å². The maximum absolute atomic E-state index is 4.80. The second kappa shape index (κ2) is 4.25.